The van der Waals surface area contributed by atoms with Crippen molar-refractivity contribution in [3.8, 4) is 11.8 Å². The summed E-state index contributed by atoms with van der Waals surface area (Å²) < 4.78 is 5.45. The van der Waals surface area contributed by atoms with Crippen molar-refractivity contribution in [1.29, 1.82) is 5.26 Å². The van der Waals surface area contributed by atoms with E-state index in [1.165, 1.54) is 0 Å². The number of aromatic amines is 1. The minimum atomic E-state index is -1.13. The Kier molecular flexibility index (Phi) is 7.07. The van der Waals surface area contributed by atoms with Gasteiger partial charge in [-0.25, -0.2) is 0 Å². The van der Waals surface area contributed by atoms with Crippen molar-refractivity contribution in [3.05, 3.63) is 64.3 Å². The number of aliphatic hydroxyl groups is 1. The molecule has 0 aliphatic carbocycles. The Labute approximate surface area is 219 Å². The lowest BCUT2D eigenvalue weighted by atomic mass is 9.91. The van der Waals surface area contributed by atoms with E-state index in [2.05, 4.69) is 21.7 Å². The number of carbonyl (C=O) groups excluding carboxylic acids is 2. The van der Waals surface area contributed by atoms with Gasteiger partial charge < -0.3 is 25.5 Å². The van der Waals surface area contributed by atoms with E-state index >= 15 is 0 Å². The van der Waals surface area contributed by atoms with Crippen LogP contribution in [0, 0.1) is 17.2 Å². The summed E-state index contributed by atoms with van der Waals surface area (Å²) in [5, 5.41) is 28.2. The Morgan fingerprint density at radius 2 is 2.19 bits per heavy atom. The lowest BCUT2D eigenvalue weighted by Crippen LogP contribution is -2.48. The molecule has 4 atom stereocenters. The van der Waals surface area contributed by atoms with Gasteiger partial charge in [-0.2, -0.15) is 5.26 Å². The lowest BCUT2D eigenvalue weighted by molar-refractivity contribution is -0.134. The molecular formula is C27H28ClN5O4. The number of amides is 2. The molecule has 5 rings (SSSR count). The zero-order chi connectivity index (χ0) is 26.1. The number of hydrogen-bond donors (Lipinski definition) is 4. The van der Waals surface area contributed by atoms with Gasteiger partial charge >= 0.3 is 0 Å². The molecule has 9 nitrogen and oxygen atoms in total. The van der Waals surface area contributed by atoms with Crippen molar-refractivity contribution in [2.75, 3.05) is 20.2 Å². The lowest BCUT2D eigenvalue weighted by Gasteiger charge is -2.39. The van der Waals surface area contributed by atoms with E-state index in [9.17, 15) is 20.0 Å². The number of rotatable bonds is 7. The van der Waals surface area contributed by atoms with Crippen LogP contribution in [0.1, 0.15) is 41.9 Å². The average molecular weight is 522 g/mol. The zero-order valence-electron chi connectivity index (χ0n) is 20.3. The molecular weight excluding hydrogens is 494 g/mol. The highest BCUT2D eigenvalue weighted by Crippen LogP contribution is 2.38. The Hall–Kier alpha value is -3.58. The summed E-state index contributed by atoms with van der Waals surface area (Å²) in [5.74, 6) is -0.155. The zero-order valence-corrected chi connectivity index (χ0v) is 21.1. The number of ether oxygens (including phenoxy) is 1. The second-order valence-electron chi connectivity index (χ2n) is 9.46. The van der Waals surface area contributed by atoms with E-state index in [4.69, 9.17) is 16.3 Å². The first-order valence-corrected chi connectivity index (χ1v) is 12.6. The molecule has 192 valence electrons. The summed E-state index contributed by atoms with van der Waals surface area (Å²) in [6.07, 6.45) is 0.327. The van der Waals surface area contributed by atoms with Crippen molar-refractivity contribution in [2.24, 2.45) is 5.92 Å². The number of aliphatic hydroxyl groups excluding tert-OH is 1. The summed E-state index contributed by atoms with van der Waals surface area (Å²) in [5.41, 5.74) is 2.96. The summed E-state index contributed by atoms with van der Waals surface area (Å²) in [7, 11) is 1.59. The molecule has 1 saturated heterocycles. The second-order valence-corrected chi connectivity index (χ2v) is 9.89. The number of nitriles is 1. The molecule has 0 saturated carbocycles. The molecule has 0 spiro atoms. The van der Waals surface area contributed by atoms with E-state index in [0.29, 0.717) is 42.4 Å². The van der Waals surface area contributed by atoms with Gasteiger partial charge in [-0.3, -0.25) is 14.5 Å². The summed E-state index contributed by atoms with van der Waals surface area (Å²) in [6, 6.07) is 13.2. The maximum atomic E-state index is 13.7. The van der Waals surface area contributed by atoms with Crippen molar-refractivity contribution >= 4 is 34.3 Å². The van der Waals surface area contributed by atoms with Crippen LogP contribution < -0.4 is 15.4 Å². The highest BCUT2D eigenvalue weighted by Gasteiger charge is 2.39. The maximum absolute atomic E-state index is 13.7. The van der Waals surface area contributed by atoms with Crippen molar-refractivity contribution in [2.45, 2.75) is 37.6 Å². The Balaban J connectivity index is 1.46. The van der Waals surface area contributed by atoms with Crippen LogP contribution >= 0.6 is 11.6 Å². The Morgan fingerprint density at radius 3 is 2.92 bits per heavy atom. The van der Waals surface area contributed by atoms with Gasteiger partial charge in [0.25, 0.3) is 0 Å². The first-order valence-electron chi connectivity index (χ1n) is 12.2. The fourth-order valence-electron chi connectivity index (χ4n) is 5.36. The molecule has 2 aromatic carbocycles. The van der Waals surface area contributed by atoms with Gasteiger partial charge in [0.2, 0.25) is 11.8 Å². The normalized spacial score (nSPS) is 21.1. The fraction of sp³-hybridized carbons (Fsp3) is 0.370. The van der Waals surface area contributed by atoms with Gasteiger partial charge in [0.15, 0.2) is 0 Å². The molecule has 2 aliphatic heterocycles. The Morgan fingerprint density at radius 1 is 1.35 bits per heavy atom. The smallest absolute Gasteiger partial charge is 0.243 e. The monoisotopic (exact) mass is 521 g/mol. The predicted molar refractivity (Wildman–Crippen MR) is 138 cm³/mol. The quantitative estimate of drug-likeness (QED) is 0.378. The second kappa shape index (κ2) is 10.4. The van der Waals surface area contributed by atoms with E-state index in [1.807, 2.05) is 30.3 Å². The largest absolute Gasteiger partial charge is 0.496 e. The molecule has 1 fully saturated rings. The SMILES string of the molecule is COc1cccc2[nH]c(C(O)N3CCc4cc(Cl)ccc4[C@H]3C(=O)N[C@H](C#N)C[C@@H]3CCNC3=O)cc12. The first kappa shape index (κ1) is 25.1. The first-order chi connectivity index (χ1) is 17.9. The number of nitrogens with one attached hydrogen (secondary N) is 3. The molecule has 3 aromatic rings. The fourth-order valence-corrected chi connectivity index (χ4v) is 5.56. The third-order valence-electron chi connectivity index (χ3n) is 7.23. The topological polar surface area (TPSA) is 130 Å². The van der Waals surface area contributed by atoms with Gasteiger partial charge in [0, 0.05) is 34.9 Å². The molecule has 2 aliphatic rings. The van der Waals surface area contributed by atoms with Gasteiger partial charge in [-0.1, -0.05) is 23.7 Å². The minimum absolute atomic E-state index is 0.0987. The highest BCUT2D eigenvalue weighted by atomic mass is 35.5. The van der Waals surface area contributed by atoms with E-state index in [0.717, 1.165) is 22.0 Å². The number of aromatic nitrogens is 1. The number of fused-ring (bicyclic) bond motifs is 2. The summed E-state index contributed by atoms with van der Waals surface area (Å²) >= 11 is 6.23. The Bertz CT molecular complexity index is 1380. The minimum Gasteiger partial charge on any atom is -0.496 e. The molecule has 1 aromatic heterocycles. The van der Waals surface area contributed by atoms with Crippen LogP contribution in [-0.4, -0.2) is 53.0 Å². The summed E-state index contributed by atoms with van der Waals surface area (Å²) in [4.78, 5) is 30.7. The number of H-pyrrole nitrogens is 1. The summed E-state index contributed by atoms with van der Waals surface area (Å²) in [6.45, 7) is 0.961. The average Bonchev–Trinajstić information content (AvgIpc) is 3.52. The highest BCUT2D eigenvalue weighted by molar-refractivity contribution is 6.30. The van der Waals surface area contributed by atoms with Crippen molar-refractivity contribution < 1.29 is 19.4 Å². The molecule has 1 unspecified atom stereocenters. The van der Waals surface area contributed by atoms with Crippen LogP contribution in [-0.2, 0) is 16.0 Å². The number of methoxy groups -OCH3 is 1. The molecule has 0 radical (unpaired) electrons. The van der Waals surface area contributed by atoms with Crippen LogP contribution in [0.4, 0.5) is 0 Å². The van der Waals surface area contributed by atoms with Crippen LogP contribution in [0.3, 0.4) is 0 Å². The molecule has 2 amide bonds. The van der Waals surface area contributed by atoms with Gasteiger partial charge in [-0.15, -0.1) is 0 Å². The molecule has 4 N–H and O–H groups in total. The number of carbonyl (C=O) groups is 2. The van der Waals surface area contributed by atoms with E-state index < -0.39 is 24.2 Å². The molecule has 10 heteroatoms. The number of hydrogen-bond acceptors (Lipinski definition) is 6. The van der Waals surface area contributed by atoms with Crippen molar-refractivity contribution in [1.82, 2.24) is 20.5 Å². The number of halogens is 1. The van der Waals surface area contributed by atoms with E-state index in [-0.39, 0.29) is 18.2 Å². The van der Waals surface area contributed by atoms with E-state index in [1.54, 1.807) is 24.1 Å². The number of benzene rings is 2. The third-order valence-corrected chi connectivity index (χ3v) is 7.47. The number of nitrogens with zero attached hydrogens (tertiary/aromatic N) is 2. The van der Waals surface area contributed by atoms with Crippen LogP contribution in [0.5, 0.6) is 5.75 Å². The molecule has 0 bridgehead atoms. The van der Waals surface area contributed by atoms with Crippen LogP contribution in [0.15, 0.2) is 42.5 Å². The van der Waals surface area contributed by atoms with Gasteiger partial charge in [0.05, 0.1) is 18.9 Å². The van der Waals surface area contributed by atoms with Gasteiger partial charge in [0.1, 0.15) is 24.1 Å². The van der Waals surface area contributed by atoms with Crippen molar-refractivity contribution in [3.63, 3.8) is 0 Å². The standard InChI is InChI=1S/C27H28ClN5O4/c1-37-23-4-2-3-21-20(23)13-22(32-21)27(36)33-10-8-15-11-17(28)5-6-19(15)24(33)26(35)31-18(14-29)12-16-7-9-30-25(16)34/h2-6,11,13,16,18,24,27,32,36H,7-10,12H2,1H3,(H,30,34)(H,31,35)/t16-,18-,24-,27?/m0/s1. The van der Waals surface area contributed by atoms with Gasteiger partial charge in [-0.05, 0) is 60.7 Å². The van der Waals surface area contributed by atoms with Crippen LogP contribution in [0.25, 0.3) is 10.9 Å². The molecule has 3 heterocycles. The predicted octanol–water partition coefficient (Wildman–Crippen LogP) is 2.95. The third kappa shape index (κ3) is 4.88. The maximum Gasteiger partial charge on any atom is 0.243 e. The molecule has 37 heavy (non-hydrogen) atoms. The van der Waals surface area contributed by atoms with Crippen LogP contribution in [0.2, 0.25) is 5.02 Å².